The van der Waals surface area contributed by atoms with Gasteiger partial charge in [0.1, 0.15) is 5.75 Å². The van der Waals surface area contributed by atoms with Crippen LogP contribution in [0.2, 0.25) is 5.02 Å². The Bertz CT molecular complexity index is 849. The highest BCUT2D eigenvalue weighted by Crippen LogP contribution is 2.24. The molecule has 132 valence electrons. The molecule has 26 heavy (non-hydrogen) atoms. The van der Waals surface area contributed by atoms with Crippen LogP contribution in [0.3, 0.4) is 0 Å². The van der Waals surface area contributed by atoms with Gasteiger partial charge >= 0.3 is 0 Å². The van der Waals surface area contributed by atoms with Crippen molar-refractivity contribution in [3.63, 3.8) is 0 Å². The lowest BCUT2D eigenvalue weighted by atomic mass is 10.2. The summed E-state index contributed by atoms with van der Waals surface area (Å²) in [6, 6.07) is 24.6. The molecule has 0 aliphatic rings. The average Bonchev–Trinajstić information content (AvgIpc) is 2.68. The lowest BCUT2D eigenvalue weighted by Crippen LogP contribution is -2.20. The Morgan fingerprint density at radius 3 is 2.19 bits per heavy atom. The van der Waals surface area contributed by atoms with E-state index in [0.29, 0.717) is 10.8 Å². The molecule has 0 radical (unpaired) electrons. The Morgan fingerprint density at radius 2 is 1.54 bits per heavy atom. The minimum atomic E-state index is -0.218. The fourth-order valence-corrected chi connectivity index (χ4v) is 2.57. The molecule has 0 saturated carbocycles. The highest BCUT2D eigenvalue weighted by Gasteiger charge is 2.06. The van der Waals surface area contributed by atoms with E-state index in [4.69, 9.17) is 16.3 Å². The lowest BCUT2D eigenvalue weighted by molar-refractivity contribution is -0.118. The Kier molecular flexibility index (Phi) is 5.77. The summed E-state index contributed by atoms with van der Waals surface area (Å²) < 4.78 is 5.44. The molecule has 4 nitrogen and oxygen atoms in total. The number of para-hydroxylation sites is 1. The Morgan fingerprint density at radius 1 is 0.923 bits per heavy atom. The van der Waals surface area contributed by atoms with Crippen molar-refractivity contribution >= 4 is 34.6 Å². The number of nitrogens with zero attached hydrogens (tertiary/aromatic N) is 1. The van der Waals surface area contributed by atoms with Crippen molar-refractivity contribution in [1.29, 1.82) is 0 Å². The highest BCUT2D eigenvalue weighted by atomic mass is 35.5. The third-order valence-electron chi connectivity index (χ3n) is 3.87. The minimum Gasteiger partial charge on any atom is -0.484 e. The van der Waals surface area contributed by atoms with Gasteiger partial charge in [-0.25, -0.2) is 0 Å². The Labute approximate surface area is 158 Å². The maximum absolute atomic E-state index is 12.0. The van der Waals surface area contributed by atoms with Gasteiger partial charge < -0.3 is 15.0 Å². The zero-order valence-corrected chi connectivity index (χ0v) is 15.1. The molecule has 0 unspecified atom stereocenters. The van der Waals surface area contributed by atoms with Gasteiger partial charge in [-0.3, -0.25) is 4.79 Å². The number of ether oxygens (including phenoxy) is 1. The van der Waals surface area contributed by atoms with Crippen LogP contribution < -0.4 is 15.0 Å². The summed E-state index contributed by atoms with van der Waals surface area (Å²) in [5, 5.41) is 3.45. The van der Waals surface area contributed by atoms with E-state index in [1.165, 1.54) is 0 Å². The fraction of sp³-hybridized carbons (Fsp3) is 0.0952. The SMILES string of the molecule is CN(c1ccccc1)c1ccc(NC(=O)COc2ccc(Cl)cc2)cc1. The Hall–Kier alpha value is -2.98. The van der Waals surface area contributed by atoms with E-state index in [1.807, 2.05) is 61.6 Å². The maximum Gasteiger partial charge on any atom is 0.262 e. The molecule has 0 fully saturated rings. The number of hydrogen-bond donors (Lipinski definition) is 1. The van der Waals surface area contributed by atoms with Crippen LogP contribution in [-0.4, -0.2) is 19.6 Å². The summed E-state index contributed by atoms with van der Waals surface area (Å²) in [5.41, 5.74) is 2.85. The van der Waals surface area contributed by atoms with E-state index in [-0.39, 0.29) is 12.5 Å². The molecule has 0 saturated heterocycles. The molecule has 3 aromatic rings. The van der Waals surface area contributed by atoms with Crippen molar-refractivity contribution in [2.24, 2.45) is 0 Å². The van der Waals surface area contributed by atoms with Gasteiger partial charge in [0.25, 0.3) is 5.91 Å². The first-order valence-corrected chi connectivity index (χ1v) is 8.57. The van der Waals surface area contributed by atoms with Gasteiger partial charge in [-0.05, 0) is 60.7 Å². The molecular formula is C21H19ClN2O2. The summed E-state index contributed by atoms with van der Waals surface area (Å²) in [7, 11) is 2.00. The number of carbonyl (C=O) groups excluding carboxylic acids is 1. The number of benzene rings is 3. The zero-order valence-electron chi connectivity index (χ0n) is 14.4. The van der Waals surface area contributed by atoms with Crippen LogP contribution in [0.1, 0.15) is 0 Å². The van der Waals surface area contributed by atoms with Gasteiger partial charge in [-0.15, -0.1) is 0 Å². The van der Waals surface area contributed by atoms with Crippen molar-refractivity contribution in [3.8, 4) is 5.75 Å². The van der Waals surface area contributed by atoms with Crippen molar-refractivity contribution in [3.05, 3.63) is 83.9 Å². The standard InChI is InChI=1S/C21H19ClN2O2/c1-24(18-5-3-2-4-6-18)19-11-9-17(10-12-19)23-21(25)15-26-20-13-7-16(22)8-14-20/h2-14H,15H2,1H3,(H,23,25). The third kappa shape index (κ3) is 4.77. The van der Waals surface area contributed by atoms with E-state index in [9.17, 15) is 4.79 Å². The number of anilines is 3. The van der Waals surface area contributed by atoms with Gasteiger partial charge in [0, 0.05) is 29.1 Å². The second-order valence-electron chi connectivity index (χ2n) is 5.73. The maximum atomic E-state index is 12.0. The molecule has 0 atom stereocenters. The highest BCUT2D eigenvalue weighted by molar-refractivity contribution is 6.30. The van der Waals surface area contributed by atoms with Crippen LogP contribution in [0.4, 0.5) is 17.1 Å². The van der Waals surface area contributed by atoms with E-state index in [0.717, 1.165) is 17.1 Å². The summed E-state index contributed by atoms with van der Waals surface area (Å²) in [4.78, 5) is 14.1. The van der Waals surface area contributed by atoms with Crippen LogP contribution in [0.5, 0.6) is 5.75 Å². The van der Waals surface area contributed by atoms with Gasteiger partial charge in [0.15, 0.2) is 6.61 Å². The monoisotopic (exact) mass is 366 g/mol. The molecule has 0 aliphatic heterocycles. The number of halogens is 1. The molecular weight excluding hydrogens is 348 g/mol. The zero-order chi connectivity index (χ0) is 18.4. The van der Waals surface area contributed by atoms with E-state index in [1.54, 1.807) is 24.3 Å². The fourth-order valence-electron chi connectivity index (χ4n) is 2.45. The molecule has 1 amide bonds. The van der Waals surface area contributed by atoms with Crippen LogP contribution in [0.25, 0.3) is 0 Å². The predicted molar refractivity (Wildman–Crippen MR) is 107 cm³/mol. The Balaban J connectivity index is 1.55. The first-order chi connectivity index (χ1) is 12.6. The van der Waals surface area contributed by atoms with Crippen molar-refractivity contribution < 1.29 is 9.53 Å². The predicted octanol–water partition coefficient (Wildman–Crippen LogP) is 5.13. The van der Waals surface area contributed by atoms with Crippen LogP contribution in [0, 0.1) is 0 Å². The summed E-state index contributed by atoms with van der Waals surface area (Å²) >= 11 is 5.82. The van der Waals surface area contributed by atoms with Gasteiger partial charge in [-0.2, -0.15) is 0 Å². The van der Waals surface area contributed by atoms with Crippen LogP contribution >= 0.6 is 11.6 Å². The van der Waals surface area contributed by atoms with Crippen molar-refractivity contribution in [2.75, 3.05) is 23.9 Å². The topological polar surface area (TPSA) is 41.6 Å². The smallest absolute Gasteiger partial charge is 0.262 e. The minimum absolute atomic E-state index is 0.0622. The van der Waals surface area contributed by atoms with Crippen LogP contribution in [0.15, 0.2) is 78.9 Å². The largest absolute Gasteiger partial charge is 0.484 e. The summed E-state index contributed by atoms with van der Waals surface area (Å²) in [6.07, 6.45) is 0. The summed E-state index contributed by atoms with van der Waals surface area (Å²) in [6.45, 7) is -0.0622. The van der Waals surface area contributed by atoms with E-state index in [2.05, 4.69) is 10.2 Å². The normalized spacial score (nSPS) is 10.2. The number of hydrogen-bond acceptors (Lipinski definition) is 3. The molecule has 0 aromatic heterocycles. The molecule has 3 rings (SSSR count). The number of nitrogens with one attached hydrogen (secondary N) is 1. The second-order valence-corrected chi connectivity index (χ2v) is 6.17. The lowest BCUT2D eigenvalue weighted by Gasteiger charge is -2.19. The molecule has 1 N–H and O–H groups in total. The quantitative estimate of drug-likeness (QED) is 0.657. The van der Waals surface area contributed by atoms with E-state index >= 15 is 0 Å². The van der Waals surface area contributed by atoms with Gasteiger partial charge in [0.05, 0.1) is 0 Å². The van der Waals surface area contributed by atoms with Crippen molar-refractivity contribution in [2.45, 2.75) is 0 Å². The number of amides is 1. The third-order valence-corrected chi connectivity index (χ3v) is 4.12. The number of rotatable bonds is 6. The molecule has 5 heteroatoms. The van der Waals surface area contributed by atoms with Crippen LogP contribution in [-0.2, 0) is 4.79 Å². The van der Waals surface area contributed by atoms with Gasteiger partial charge in [-0.1, -0.05) is 29.8 Å². The second kappa shape index (κ2) is 8.41. The molecule has 0 spiro atoms. The molecule has 0 aliphatic carbocycles. The number of carbonyl (C=O) groups is 1. The molecule has 0 heterocycles. The molecule has 3 aromatic carbocycles. The summed E-state index contributed by atoms with van der Waals surface area (Å²) in [5.74, 6) is 0.383. The van der Waals surface area contributed by atoms with E-state index < -0.39 is 0 Å². The first-order valence-electron chi connectivity index (χ1n) is 8.19. The first kappa shape index (κ1) is 17.8. The van der Waals surface area contributed by atoms with Crippen molar-refractivity contribution in [1.82, 2.24) is 0 Å². The van der Waals surface area contributed by atoms with Gasteiger partial charge in [0.2, 0.25) is 0 Å². The molecule has 0 bridgehead atoms. The average molecular weight is 367 g/mol.